The fraction of sp³-hybridized carbons (Fsp3) is 0.174. The van der Waals surface area contributed by atoms with E-state index in [-0.39, 0.29) is 11.4 Å². The number of hydrogen-bond donors (Lipinski definition) is 2. The van der Waals surface area contributed by atoms with Gasteiger partial charge in [-0.15, -0.1) is 0 Å². The summed E-state index contributed by atoms with van der Waals surface area (Å²) in [6.45, 7) is 2.77. The topological polar surface area (TPSA) is 84.1 Å². The number of sulfonamides is 1. The largest absolute Gasteiger partial charge is 0.494 e. The minimum Gasteiger partial charge on any atom is -0.494 e. The zero-order valence-corrected chi connectivity index (χ0v) is 17.4. The molecule has 3 aromatic carbocycles. The van der Waals surface area contributed by atoms with Gasteiger partial charge < -0.3 is 9.72 Å². The minimum absolute atomic E-state index is 0.205. The molecule has 0 atom stereocenters. The summed E-state index contributed by atoms with van der Waals surface area (Å²) in [5, 5.41) is 0. The first-order valence-electron chi connectivity index (χ1n) is 9.82. The van der Waals surface area contributed by atoms with Gasteiger partial charge in [0.1, 0.15) is 11.6 Å². The number of para-hydroxylation sites is 1. The standard InChI is InChI=1S/C23H23N3O3S/c1-2-29-22-11-7-6-8-17(22)14-15-24-30(27,28)19-12-13-20-21(16-19)26-23(25-20)18-9-4-3-5-10-18/h3-13,16,24H,2,14-15H2,1H3,(H,25,26). The lowest BCUT2D eigenvalue weighted by atomic mass is 10.1. The van der Waals surface area contributed by atoms with Gasteiger partial charge in [0.25, 0.3) is 0 Å². The summed E-state index contributed by atoms with van der Waals surface area (Å²) in [6.07, 6.45) is 0.542. The Kier molecular flexibility index (Phi) is 5.83. The van der Waals surface area contributed by atoms with Crippen LogP contribution in [0.15, 0.2) is 77.7 Å². The predicted molar refractivity (Wildman–Crippen MR) is 118 cm³/mol. The third-order valence-corrected chi connectivity index (χ3v) is 6.23. The molecule has 0 aliphatic carbocycles. The van der Waals surface area contributed by atoms with Gasteiger partial charge in [0.15, 0.2) is 0 Å². The molecule has 0 radical (unpaired) electrons. The highest BCUT2D eigenvalue weighted by atomic mass is 32.2. The molecule has 7 heteroatoms. The maximum absolute atomic E-state index is 12.8. The quantitative estimate of drug-likeness (QED) is 0.448. The lowest BCUT2D eigenvalue weighted by Gasteiger charge is -2.11. The predicted octanol–water partition coefficient (Wildman–Crippen LogP) is 4.15. The fourth-order valence-corrected chi connectivity index (χ4v) is 4.36. The van der Waals surface area contributed by atoms with Crippen LogP contribution >= 0.6 is 0 Å². The molecule has 4 rings (SSSR count). The molecule has 4 aromatic rings. The van der Waals surface area contributed by atoms with Crippen molar-refractivity contribution >= 4 is 21.1 Å². The van der Waals surface area contributed by atoms with Gasteiger partial charge in [0.2, 0.25) is 10.0 Å². The van der Waals surface area contributed by atoms with Crippen LogP contribution in [-0.2, 0) is 16.4 Å². The molecule has 2 N–H and O–H groups in total. The normalized spacial score (nSPS) is 11.6. The Bertz CT molecular complexity index is 1250. The third-order valence-electron chi connectivity index (χ3n) is 4.77. The maximum Gasteiger partial charge on any atom is 0.240 e. The summed E-state index contributed by atoms with van der Waals surface area (Å²) in [4.78, 5) is 7.96. The molecule has 0 aliphatic rings. The molecule has 6 nitrogen and oxygen atoms in total. The number of rotatable bonds is 8. The second kappa shape index (κ2) is 8.69. The van der Waals surface area contributed by atoms with Crippen LogP contribution in [0.1, 0.15) is 12.5 Å². The molecule has 0 unspecified atom stereocenters. The summed E-state index contributed by atoms with van der Waals surface area (Å²) in [5.41, 5.74) is 3.32. The number of benzene rings is 3. The van der Waals surface area contributed by atoms with E-state index in [1.807, 2.05) is 61.5 Å². The van der Waals surface area contributed by atoms with E-state index in [1.165, 1.54) is 0 Å². The number of nitrogens with zero attached hydrogens (tertiary/aromatic N) is 1. The Labute approximate surface area is 176 Å². The molecule has 30 heavy (non-hydrogen) atoms. The Hall–Kier alpha value is -3.16. The second-order valence-electron chi connectivity index (χ2n) is 6.82. The summed E-state index contributed by atoms with van der Waals surface area (Å²) in [7, 11) is -3.64. The van der Waals surface area contributed by atoms with Gasteiger partial charge in [-0.05, 0) is 43.2 Å². The van der Waals surface area contributed by atoms with Gasteiger partial charge in [-0.3, -0.25) is 0 Å². The van der Waals surface area contributed by atoms with Crippen LogP contribution < -0.4 is 9.46 Å². The van der Waals surface area contributed by atoms with E-state index in [1.54, 1.807) is 18.2 Å². The van der Waals surface area contributed by atoms with Crippen molar-refractivity contribution in [1.82, 2.24) is 14.7 Å². The number of fused-ring (bicyclic) bond motifs is 1. The van der Waals surface area contributed by atoms with Crippen molar-refractivity contribution < 1.29 is 13.2 Å². The number of ether oxygens (including phenoxy) is 1. The van der Waals surface area contributed by atoms with Crippen molar-refractivity contribution in [2.24, 2.45) is 0 Å². The number of aromatic nitrogens is 2. The third kappa shape index (κ3) is 4.37. The van der Waals surface area contributed by atoms with Crippen molar-refractivity contribution in [2.75, 3.05) is 13.2 Å². The highest BCUT2D eigenvalue weighted by Crippen LogP contribution is 2.23. The molecule has 1 aromatic heterocycles. The minimum atomic E-state index is -3.64. The lowest BCUT2D eigenvalue weighted by molar-refractivity contribution is 0.336. The Morgan fingerprint density at radius 1 is 1.00 bits per heavy atom. The zero-order valence-electron chi connectivity index (χ0n) is 16.6. The molecule has 154 valence electrons. The van der Waals surface area contributed by atoms with Crippen LogP contribution in [0.3, 0.4) is 0 Å². The highest BCUT2D eigenvalue weighted by Gasteiger charge is 2.16. The molecule has 0 saturated heterocycles. The Balaban J connectivity index is 1.50. The van der Waals surface area contributed by atoms with E-state index < -0.39 is 10.0 Å². The summed E-state index contributed by atoms with van der Waals surface area (Å²) < 4.78 is 33.8. The summed E-state index contributed by atoms with van der Waals surface area (Å²) in [5.74, 6) is 1.49. The van der Waals surface area contributed by atoms with E-state index >= 15 is 0 Å². The first-order valence-corrected chi connectivity index (χ1v) is 11.3. The molecule has 0 aliphatic heterocycles. The van der Waals surface area contributed by atoms with Crippen LogP contribution in [-0.4, -0.2) is 31.5 Å². The van der Waals surface area contributed by atoms with E-state index in [2.05, 4.69) is 14.7 Å². The van der Waals surface area contributed by atoms with Crippen LogP contribution in [0, 0.1) is 0 Å². The molecule has 0 bridgehead atoms. The average Bonchev–Trinajstić information content (AvgIpc) is 3.19. The molecule has 0 saturated carbocycles. The van der Waals surface area contributed by atoms with E-state index in [0.29, 0.717) is 24.4 Å². The number of H-pyrrole nitrogens is 1. The Morgan fingerprint density at radius 2 is 1.77 bits per heavy atom. The van der Waals surface area contributed by atoms with Gasteiger partial charge >= 0.3 is 0 Å². The molecule has 0 spiro atoms. The molecular formula is C23H23N3O3S. The van der Waals surface area contributed by atoms with Crippen LogP contribution in [0.25, 0.3) is 22.4 Å². The molecular weight excluding hydrogens is 398 g/mol. The van der Waals surface area contributed by atoms with E-state index in [9.17, 15) is 8.42 Å². The fourth-order valence-electron chi connectivity index (χ4n) is 3.30. The smallest absolute Gasteiger partial charge is 0.240 e. The second-order valence-corrected chi connectivity index (χ2v) is 8.59. The van der Waals surface area contributed by atoms with Crippen molar-refractivity contribution in [3.05, 3.63) is 78.4 Å². The Morgan fingerprint density at radius 3 is 2.57 bits per heavy atom. The van der Waals surface area contributed by atoms with Crippen LogP contribution in [0.4, 0.5) is 0 Å². The van der Waals surface area contributed by atoms with Gasteiger partial charge in [-0.2, -0.15) is 0 Å². The molecule has 1 heterocycles. The number of nitrogens with one attached hydrogen (secondary N) is 2. The highest BCUT2D eigenvalue weighted by molar-refractivity contribution is 7.89. The van der Waals surface area contributed by atoms with Crippen LogP contribution in [0.2, 0.25) is 0 Å². The van der Waals surface area contributed by atoms with Crippen molar-refractivity contribution in [3.63, 3.8) is 0 Å². The SMILES string of the molecule is CCOc1ccccc1CCNS(=O)(=O)c1ccc2nc(-c3ccccc3)[nH]c2c1. The first-order chi connectivity index (χ1) is 14.6. The van der Waals surface area contributed by atoms with E-state index in [4.69, 9.17) is 4.74 Å². The van der Waals surface area contributed by atoms with E-state index in [0.717, 1.165) is 22.4 Å². The van der Waals surface area contributed by atoms with Crippen molar-refractivity contribution in [3.8, 4) is 17.1 Å². The number of hydrogen-bond acceptors (Lipinski definition) is 4. The van der Waals surface area contributed by atoms with Crippen LogP contribution in [0.5, 0.6) is 5.75 Å². The monoisotopic (exact) mass is 421 g/mol. The van der Waals surface area contributed by atoms with Crippen molar-refractivity contribution in [2.45, 2.75) is 18.2 Å². The van der Waals surface area contributed by atoms with Gasteiger partial charge in [-0.25, -0.2) is 18.1 Å². The van der Waals surface area contributed by atoms with Gasteiger partial charge in [0.05, 0.1) is 22.5 Å². The number of imidazole rings is 1. The van der Waals surface area contributed by atoms with Crippen molar-refractivity contribution in [1.29, 1.82) is 0 Å². The molecule has 0 fully saturated rings. The maximum atomic E-state index is 12.8. The number of aromatic amines is 1. The lowest BCUT2D eigenvalue weighted by Crippen LogP contribution is -2.26. The molecule has 0 amide bonds. The summed E-state index contributed by atoms with van der Waals surface area (Å²) >= 11 is 0. The summed E-state index contributed by atoms with van der Waals surface area (Å²) in [6, 6.07) is 22.3. The van der Waals surface area contributed by atoms with Gasteiger partial charge in [-0.1, -0.05) is 48.5 Å². The van der Waals surface area contributed by atoms with Gasteiger partial charge in [0, 0.05) is 12.1 Å². The first kappa shape index (κ1) is 20.1. The zero-order chi connectivity index (χ0) is 21.0. The average molecular weight is 422 g/mol.